The number of nitrogens with zero attached hydrogens (tertiary/aromatic N) is 1. The molecule has 1 unspecified atom stereocenters. The summed E-state index contributed by atoms with van der Waals surface area (Å²) in [6.07, 6.45) is -7.08. The Hall–Kier alpha value is -2.80. The number of piperidine rings is 1. The van der Waals surface area contributed by atoms with Gasteiger partial charge in [-0.2, -0.15) is 26.3 Å². The predicted octanol–water partition coefficient (Wildman–Crippen LogP) is 9.92. The molecule has 1 aliphatic heterocycles. The topological polar surface area (TPSA) is 3.24 Å². The third-order valence-corrected chi connectivity index (χ3v) is 7.66. The first kappa shape index (κ1) is 29.2. The van der Waals surface area contributed by atoms with Crippen LogP contribution in [0.4, 0.5) is 26.3 Å². The van der Waals surface area contributed by atoms with Crippen molar-refractivity contribution in [3.63, 3.8) is 0 Å². The molecule has 0 aliphatic carbocycles. The number of hydrogen-bond donors (Lipinski definition) is 0. The second-order valence-corrected chi connectivity index (χ2v) is 11.2. The molecule has 0 spiro atoms. The first-order chi connectivity index (χ1) is 18.3. The lowest BCUT2D eigenvalue weighted by atomic mass is 9.79. The SMILES string of the molecule is CC(C)CC(C)c1cc(-c2ccccc2)cc(C2CCN(Cc3ccc(C(F)(F)F)cc3)CC2)c1C(F)(F)F. The fourth-order valence-electron chi connectivity index (χ4n) is 5.82. The highest BCUT2D eigenvalue weighted by Crippen LogP contribution is 2.46. The Balaban J connectivity index is 1.62. The number of hydrogen-bond acceptors (Lipinski definition) is 1. The molecule has 39 heavy (non-hydrogen) atoms. The van der Waals surface area contributed by atoms with Crippen LogP contribution in [0.1, 0.15) is 79.7 Å². The van der Waals surface area contributed by atoms with Gasteiger partial charge in [-0.15, -0.1) is 0 Å². The van der Waals surface area contributed by atoms with Gasteiger partial charge in [0.1, 0.15) is 0 Å². The number of alkyl halides is 6. The van der Waals surface area contributed by atoms with E-state index in [4.69, 9.17) is 0 Å². The summed E-state index contributed by atoms with van der Waals surface area (Å²) in [5, 5.41) is 0. The van der Waals surface area contributed by atoms with E-state index in [9.17, 15) is 26.3 Å². The number of likely N-dealkylation sites (tertiary alicyclic amines) is 1. The van der Waals surface area contributed by atoms with Gasteiger partial charge < -0.3 is 0 Å². The molecule has 0 radical (unpaired) electrons. The van der Waals surface area contributed by atoms with Crippen LogP contribution >= 0.6 is 0 Å². The standard InChI is InChI=1S/C32H35F6N/c1-21(2)17-22(3)28-18-26(24-7-5-4-6-8-24)19-29(30(28)32(36,37)38)25-13-15-39(16-14-25)20-23-9-11-27(12-10-23)31(33,34)35/h4-12,18-19,21-22,25H,13-17,20H2,1-3H3. The Morgan fingerprint density at radius 2 is 1.38 bits per heavy atom. The molecule has 1 nitrogen and oxygen atoms in total. The molecule has 0 bridgehead atoms. The lowest BCUT2D eigenvalue weighted by Gasteiger charge is -2.34. The van der Waals surface area contributed by atoms with E-state index >= 15 is 0 Å². The summed E-state index contributed by atoms with van der Waals surface area (Å²) in [6.45, 7) is 7.56. The van der Waals surface area contributed by atoms with Crippen molar-refractivity contribution in [1.82, 2.24) is 4.90 Å². The van der Waals surface area contributed by atoms with Crippen LogP contribution < -0.4 is 0 Å². The molecule has 1 aliphatic rings. The summed E-state index contributed by atoms with van der Waals surface area (Å²) < 4.78 is 82.7. The molecule has 1 atom stereocenters. The Kier molecular flexibility index (Phi) is 8.79. The molecule has 1 fully saturated rings. The zero-order valence-electron chi connectivity index (χ0n) is 22.5. The maximum Gasteiger partial charge on any atom is 0.416 e. The average Bonchev–Trinajstić information content (AvgIpc) is 2.88. The van der Waals surface area contributed by atoms with E-state index in [0.29, 0.717) is 50.0 Å². The lowest BCUT2D eigenvalue weighted by Crippen LogP contribution is -2.33. The Morgan fingerprint density at radius 1 is 0.769 bits per heavy atom. The van der Waals surface area contributed by atoms with Crippen LogP contribution in [0.15, 0.2) is 66.7 Å². The van der Waals surface area contributed by atoms with Gasteiger partial charge in [-0.25, -0.2) is 0 Å². The molecule has 1 saturated heterocycles. The minimum absolute atomic E-state index is 0.246. The molecule has 3 aromatic rings. The minimum atomic E-state index is -4.47. The fraction of sp³-hybridized carbons (Fsp3) is 0.438. The van der Waals surface area contributed by atoms with Gasteiger partial charge in [0.2, 0.25) is 0 Å². The van der Waals surface area contributed by atoms with Crippen molar-refractivity contribution >= 4 is 0 Å². The second kappa shape index (κ2) is 11.7. The predicted molar refractivity (Wildman–Crippen MR) is 143 cm³/mol. The van der Waals surface area contributed by atoms with Gasteiger partial charge in [0.15, 0.2) is 0 Å². The van der Waals surface area contributed by atoms with Crippen LogP contribution in [0.3, 0.4) is 0 Å². The van der Waals surface area contributed by atoms with Crippen molar-refractivity contribution in [1.29, 1.82) is 0 Å². The van der Waals surface area contributed by atoms with E-state index in [0.717, 1.165) is 28.8 Å². The van der Waals surface area contributed by atoms with Gasteiger partial charge in [0.05, 0.1) is 11.1 Å². The molecule has 0 N–H and O–H groups in total. The molecular weight excluding hydrogens is 512 g/mol. The molecular formula is C32H35F6N. The van der Waals surface area contributed by atoms with Crippen LogP contribution in [0.2, 0.25) is 0 Å². The van der Waals surface area contributed by atoms with Gasteiger partial charge in [-0.05, 0) is 90.1 Å². The summed E-state index contributed by atoms with van der Waals surface area (Å²) >= 11 is 0. The van der Waals surface area contributed by atoms with Crippen LogP contribution in [0.25, 0.3) is 11.1 Å². The summed E-state index contributed by atoms with van der Waals surface area (Å²) in [5.41, 5.74) is 2.00. The Labute approximate surface area is 226 Å². The van der Waals surface area contributed by atoms with Gasteiger partial charge in [-0.3, -0.25) is 4.90 Å². The normalized spacial score (nSPS) is 16.6. The smallest absolute Gasteiger partial charge is 0.299 e. The summed E-state index contributed by atoms with van der Waals surface area (Å²) in [4.78, 5) is 2.11. The highest BCUT2D eigenvalue weighted by molar-refractivity contribution is 5.67. The van der Waals surface area contributed by atoms with Gasteiger partial charge in [-0.1, -0.05) is 75.4 Å². The third kappa shape index (κ3) is 7.24. The lowest BCUT2D eigenvalue weighted by molar-refractivity contribution is -0.139. The number of rotatable bonds is 7. The average molecular weight is 548 g/mol. The minimum Gasteiger partial charge on any atom is -0.299 e. The number of halogens is 6. The second-order valence-electron chi connectivity index (χ2n) is 11.2. The first-order valence-electron chi connectivity index (χ1n) is 13.5. The van der Waals surface area contributed by atoms with Crippen LogP contribution in [0.5, 0.6) is 0 Å². The van der Waals surface area contributed by atoms with Crippen LogP contribution in [-0.2, 0) is 18.9 Å². The largest absolute Gasteiger partial charge is 0.416 e. The van der Waals surface area contributed by atoms with Crippen LogP contribution in [-0.4, -0.2) is 18.0 Å². The van der Waals surface area contributed by atoms with E-state index < -0.39 is 23.5 Å². The van der Waals surface area contributed by atoms with Gasteiger partial charge in [0.25, 0.3) is 0 Å². The molecule has 0 saturated carbocycles. The molecule has 210 valence electrons. The highest BCUT2D eigenvalue weighted by atomic mass is 19.4. The van der Waals surface area contributed by atoms with E-state index in [-0.39, 0.29) is 17.8 Å². The fourth-order valence-corrected chi connectivity index (χ4v) is 5.82. The monoisotopic (exact) mass is 547 g/mol. The summed E-state index contributed by atoms with van der Waals surface area (Å²) in [5.74, 6) is -0.235. The Morgan fingerprint density at radius 3 is 1.92 bits per heavy atom. The quantitative estimate of drug-likeness (QED) is 0.266. The maximum absolute atomic E-state index is 14.7. The molecule has 0 aromatic heterocycles. The van der Waals surface area contributed by atoms with E-state index in [2.05, 4.69) is 4.90 Å². The zero-order valence-corrected chi connectivity index (χ0v) is 22.5. The van der Waals surface area contributed by atoms with Gasteiger partial charge >= 0.3 is 12.4 Å². The molecule has 4 rings (SSSR count). The van der Waals surface area contributed by atoms with E-state index in [1.165, 1.54) is 12.1 Å². The molecule has 1 heterocycles. The summed E-state index contributed by atoms with van der Waals surface area (Å²) in [6, 6.07) is 18.1. The van der Waals surface area contributed by atoms with Crippen molar-refractivity contribution in [3.8, 4) is 11.1 Å². The van der Waals surface area contributed by atoms with Crippen LogP contribution in [0, 0.1) is 5.92 Å². The zero-order chi connectivity index (χ0) is 28.4. The van der Waals surface area contributed by atoms with Crippen molar-refractivity contribution in [2.75, 3.05) is 13.1 Å². The van der Waals surface area contributed by atoms with Crippen molar-refractivity contribution < 1.29 is 26.3 Å². The van der Waals surface area contributed by atoms with Crippen molar-refractivity contribution in [3.05, 3.63) is 94.5 Å². The maximum atomic E-state index is 14.7. The van der Waals surface area contributed by atoms with E-state index in [1.807, 2.05) is 51.1 Å². The highest BCUT2D eigenvalue weighted by Gasteiger charge is 2.40. The Bertz CT molecular complexity index is 1220. The first-order valence-corrected chi connectivity index (χ1v) is 13.5. The molecule has 3 aromatic carbocycles. The third-order valence-electron chi connectivity index (χ3n) is 7.66. The van der Waals surface area contributed by atoms with Crippen molar-refractivity contribution in [2.45, 2.75) is 70.8 Å². The molecule has 0 amide bonds. The molecule has 7 heteroatoms. The van der Waals surface area contributed by atoms with E-state index in [1.54, 1.807) is 12.1 Å². The van der Waals surface area contributed by atoms with Gasteiger partial charge in [0, 0.05) is 6.54 Å². The van der Waals surface area contributed by atoms with Crippen molar-refractivity contribution in [2.24, 2.45) is 5.92 Å². The number of benzene rings is 3. The summed E-state index contributed by atoms with van der Waals surface area (Å²) in [7, 11) is 0.